The van der Waals surface area contributed by atoms with Gasteiger partial charge in [-0.25, -0.2) is 14.0 Å². The zero-order valence-corrected chi connectivity index (χ0v) is 15.8. The van der Waals surface area contributed by atoms with Crippen molar-refractivity contribution in [2.24, 2.45) is 5.92 Å². The van der Waals surface area contributed by atoms with Crippen molar-refractivity contribution in [3.8, 4) is 11.5 Å². The molecule has 2 rings (SSSR count). The number of carboxylic acid groups (broad SMARTS) is 2. The molecular weight excluding hydrogens is 365 g/mol. The van der Waals surface area contributed by atoms with Gasteiger partial charge in [-0.15, -0.1) is 0 Å². The summed E-state index contributed by atoms with van der Waals surface area (Å²) >= 11 is 0. The van der Waals surface area contributed by atoms with E-state index in [2.05, 4.69) is 0 Å². The number of hydrogen-bond donors (Lipinski definition) is 2. The van der Waals surface area contributed by atoms with Crippen molar-refractivity contribution in [1.82, 2.24) is 4.90 Å². The Morgan fingerprint density at radius 3 is 2.00 bits per heavy atom. The van der Waals surface area contributed by atoms with E-state index in [-0.39, 0.29) is 24.7 Å². The van der Waals surface area contributed by atoms with E-state index in [0.717, 1.165) is 10.5 Å². The molecule has 1 unspecified atom stereocenters. The molecule has 0 aliphatic rings. The maximum Gasteiger partial charge on any atom is 0.408 e. The Bertz CT molecular complexity index is 789. The predicted octanol–water partition coefficient (Wildman–Crippen LogP) is 4.64. The molecule has 0 bridgehead atoms. The second-order valence-corrected chi connectivity index (χ2v) is 6.91. The Labute approximate surface area is 163 Å². The van der Waals surface area contributed by atoms with Crippen molar-refractivity contribution in [2.45, 2.75) is 32.7 Å². The predicted molar refractivity (Wildman–Crippen MR) is 102 cm³/mol. The van der Waals surface area contributed by atoms with E-state index in [9.17, 15) is 24.2 Å². The molecule has 0 radical (unpaired) electrons. The molecule has 1 amide bonds. The molecule has 150 valence electrons. The van der Waals surface area contributed by atoms with Crippen LogP contribution in [0.15, 0.2) is 48.5 Å². The van der Waals surface area contributed by atoms with Crippen LogP contribution < -0.4 is 4.74 Å². The molecule has 0 aromatic heterocycles. The van der Waals surface area contributed by atoms with E-state index < -0.39 is 18.1 Å². The van der Waals surface area contributed by atoms with E-state index >= 15 is 0 Å². The third-order valence-electron chi connectivity index (χ3n) is 4.22. The molecule has 0 spiro atoms. The van der Waals surface area contributed by atoms with Crippen molar-refractivity contribution >= 4 is 12.1 Å². The average molecular weight is 389 g/mol. The highest BCUT2D eigenvalue weighted by Crippen LogP contribution is 2.22. The lowest BCUT2D eigenvalue weighted by molar-refractivity contribution is -0.143. The van der Waals surface area contributed by atoms with E-state index in [1.165, 1.54) is 24.3 Å². The molecule has 0 aliphatic heterocycles. The number of aliphatic carboxylic acids is 1. The standard InChI is InChI=1S/C21H24FNO5/c1-14(2)13-19(20(24)25)23(21(26)27)12-11-15-3-7-17(8-4-15)28-18-9-5-16(22)6-10-18/h3-10,14,19H,11-13H2,1-2H3,(H,24,25)(H,26,27). The van der Waals surface area contributed by atoms with Gasteiger partial charge in [0.1, 0.15) is 23.4 Å². The molecule has 0 fully saturated rings. The number of ether oxygens (including phenoxy) is 1. The minimum atomic E-state index is -1.25. The number of benzene rings is 2. The molecule has 0 saturated heterocycles. The van der Waals surface area contributed by atoms with Crippen LogP contribution in [0.1, 0.15) is 25.8 Å². The molecule has 2 aromatic carbocycles. The molecule has 7 heteroatoms. The van der Waals surface area contributed by atoms with Gasteiger partial charge in [0.05, 0.1) is 0 Å². The first-order valence-corrected chi connectivity index (χ1v) is 9.01. The van der Waals surface area contributed by atoms with Crippen LogP contribution >= 0.6 is 0 Å². The molecule has 1 atom stereocenters. The maximum absolute atomic E-state index is 12.9. The zero-order chi connectivity index (χ0) is 20.7. The Balaban J connectivity index is 2.00. The van der Waals surface area contributed by atoms with Gasteiger partial charge in [0.2, 0.25) is 0 Å². The lowest BCUT2D eigenvalue weighted by atomic mass is 10.0. The monoisotopic (exact) mass is 389 g/mol. The van der Waals surface area contributed by atoms with Crippen LogP contribution in [0.3, 0.4) is 0 Å². The fourth-order valence-corrected chi connectivity index (χ4v) is 2.81. The van der Waals surface area contributed by atoms with Crippen LogP contribution in [0.4, 0.5) is 9.18 Å². The molecule has 28 heavy (non-hydrogen) atoms. The lowest BCUT2D eigenvalue weighted by Gasteiger charge is -2.27. The van der Waals surface area contributed by atoms with Crippen LogP contribution in [0.2, 0.25) is 0 Å². The molecular formula is C21H24FNO5. The average Bonchev–Trinajstić information content (AvgIpc) is 2.63. The van der Waals surface area contributed by atoms with Crippen molar-refractivity contribution < 1.29 is 28.9 Å². The Hall–Kier alpha value is -3.09. The van der Waals surface area contributed by atoms with Crippen LogP contribution in [-0.4, -0.2) is 39.8 Å². The van der Waals surface area contributed by atoms with Gasteiger partial charge in [0.25, 0.3) is 0 Å². The first kappa shape index (κ1) is 21.2. The van der Waals surface area contributed by atoms with Crippen molar-refractivity contribution in [3.05, 3.63) is 59.9 Å². The number of carbonyl (C=O) groups is 2. The number of amides is 1. The van der Waals surface area contributed by atoms with Crippen molar-refractivity contribution in [1.29, 1.82) is 0 Å². The summed E-state index contributed by atoms with van der Waals surface area (Å²) in [5, 5.41) is 18.8. The zero-order valence-electron chi connectivity index (χ0n) is 15.8. The highest BCUT2D eigenvalue weighted by Gasteiger charge is 2.29. The molecule has 2 aromatic rings. The highest BCUT2D eigenvalue weighted by atomic mass is 19.1. The van der Waals surface area contributed by atoms with E-state index in [4.69, 9.17) is 4.74 Å². The summed E-state index contributed by atoms with van der Waals surface area (Å²) < 4.78 is 18.5. The van der Waals surface area contributed by atoms with Crippen LogP contribution in [0, 0.1) is 11.7 Å². The summed E-state index contributed by atoms with van der Waals surface area (Å²) in [5.41, 5.74) is 0.853. The number of hydrogen-bond acceptors (Lipinski definition) is 3. The van der Waals surface area contributed by atoms with Gasteiger partial charge in [-0.3, -0.25) is 4.90 Å². The van der Waals surface area contributed by atoms with Crippen LogP contribution in [0.25, 0.3) is 0 Å². The lowest BCUT2D eigenvalue weighted by Crippen LogP contribution is -2.46. The minimum absolute atomic E-state index is 0.0610. The first-order chi connectivity index (χ1) is 13.3. The van der Waals surface area contributed by atoms with Gasteiger partial charge in [0.15, 0.2) is 0 Å². The van der Waals surface area contributed by atoms with Gasteiger partial charge in [-0.1, -0.05) is 26.0 Å². The second kappa shape index (κ2) is 9.73. The molecule has 2 N–H and O–H groups in total. The second-order valence-electron chi connectivity index (χ2n) is 6.91. The van der Waals surface area contributed by atoms with E-state index in [1.807, 2.05) is 13.8 Å². The van der Waals surface area contributed by atoms with E-state index in [0.29, 0.717) is 17.9 Å². The van der Waals surface area contributed by atoms with Gasteiger partial charge in [-0.2, -0.15) is 0 Å². The fraction of sp³-hybridized carbons (Fsp3) is 0.333. The van der Waals surface area contributed by atoms with E-state index in [1.54, 1.807) is 24.3 Å². The van der Waals surface area contributed by atoms with Crippen LogP contribution in [0.5, 0.6) is 11.5 Å². The maximum atomic E-state index is 12.9. The summed E-state index contributed by atoms with van der Waals surface area (Å²) in [6.45, 7) is 3.79. The number of rotatable bonds is 9. The number of halogens is 1. The van der Waals surface area contributed by atoms with Crippen molar-refractivity contribution in [3.63, 3.8) is 0 Å². The van der Waals surface area contributed by atoms with Crippen molar-refractivity contribution in [2.75, 3.05) is 6.54 Å². The normalized spacial score (nSPS) is 11.9. The third-order valence-corrected chi connectivity index (χ3v) is 4.22. The summed E-state index contributed by atoms with van der Waals surface area (Å²) in [6, 6.07) is 11.6. The molecule has 0 saturated carbocycles. The van der Waals surface area contributed by atoms with Gasteiger partial charge >= 0.3 is 12.1 Å². The van der Waals surface area contributed by atoms with Crippen LogP contribution in [-0.2, 0) is 11.2 Å². The summed E-state index contributed by atoms with van der Waals surface area (Å²) in [6.07, 6.45) is -0.610. The third kappa shape index (κ3) is 6.26. The van der Waals surface area contributed by atoms with Gasteiger partial charge in [0, 0.05) is 6.54 Å². The molecule has 0 heterocycles. The summed E-state index contributed by atoms with van der Waals surface area (Å²) in [4.78, 5) is 24.0. The molecule has 6 nitrogen and oxygen atoms in total. The minimum Gasteiger partial charge on any atom is -0.480 e. The highest BCUT2D eigenvalue weighted by molar-refractivity contribution is 5.79. The Morgan fingerprint density at radius 1 is 1.00 bits per heavy atom. The Kier molecular flexibility index (Phi) is 7.37. The molecule has 0 aliphatic carbocycles. The fourth-order valence-electron chi connectivity index (χ4n) is 2.81. The SMILES string of the molecule is CC(C)CC(C(=O)O)N(CCc1ccc(Oc2ccc(F)cc2)cc1)C(=O)O. The summed E-state index contributed by atoms with van der Waals surface area (Å²) in [7, 11) is 0. The number of carboxylic acids is 1. The Morgan fingerprint density at radius 2 is 1.54 bits per heavy atom. The topological polar surface area (TPSA) is 87.1 Å². The summed E-state index contributed by atoms with van der Waals surface area (Å²) in [5.74, 6) is -0.356. The smallest absolute Gasteiger partial charge is 0.408 e. The largest absolute Gasteiger partial charge is 0.480 e. The number of nitrogens with zero attached hydrogens (tertiary/aromatic N) is 1. The van der Waals surface area contributed by atoms with Gasteiger partial charge < -0.3 is 14.9 Å². The van der Waals surface area contributed by atoms with Gasteiger partial charge in [-0.05, 0) is 60.7 Å². The first-order valence-electron chi connectivity index (χ1n) is 9.01. The quantitative estimate of drug-likeness (QED) is 0.652.